The van der Waals surface area contributed by atoms with E-state index in [0.29, 0.717) is 12.2 Å². The van der Waals surface area contributed by atoms with E-state index >= 15 is 0 Å². The molecule has 0 aliphatic carbocycles. The summed E-state index contributed by atoms with van der Waals surface area (Å²) in [5.74, 6) is -0.447. The number of amides is 1. The molecule has 1 atom stereocenters. The zero-order chi connectivity index (χ0) is 12.7. The lowest BCUT2D eigenvalue weighted by Gasteiger charge is -2.14. The average molecular weight is 241 g/mol. The van der Waals surface area contributed by atoms with Crippen LogP contribution in [0.5, 0.6) is 5.75 Å². The van der Waals surface area contributed by atoms with Gasteiger partial charge >= 0.3 is 0 Å². The lowest BCUT2D eigenvalue weighted by molar-refractivity contribution is -0.124. The monoisotopic (exact) mass is 241 g/mol. The van der Waals surface area contributed by atoms with Gasteiger partial charge in [0.15, 0.2) is 6.61 Å². The predicted molar refractivity (Wildman–Crippen MR) is 61.2 cm³/mol. The Hall–Kier alpha value is -1.62. The molecule has 0 aromatic heterocycles. The third-order valence-corrected chi connectivity index (χ3v) is 2.24. The molecule has 2 N–H and O–H groups in total. The van der Waals surface area contributed by atoms with E-state index in [2.05, 4.69) is 5.32 Å². The Morgan fingerprint density at radius 3 is 2.94 bits per heavy atom. The van der Waals surface area contributed by atoms with Crippen molar-refractivity contribution in [2.24, 2.45) is 0 Å². The Balaban J connectivity index is 2.38. The molecule has 0 fully saturated rings. The minimum Gasteiger partial charge on any atom is -0.484 e. The van der Waals surface area contributed by atoms with E-state index in [0.717, 1.165) is 0 Å². The first-order valence-corrected chi connectivity index (χ1v) is 5.44. The molecule has 0 saturated heterocycles. The van der Waals surface area contributed by atoms with Gasteiger partial charge in [-0.25, -0.2) is 4.39 Å². The molecular formula is C12H16FNO3. The minimum absolute atomic E-state index is 0.109. The van der Waals surface area contributed by atoms with Crippen LogP contribution >= 0.6 is 0 Å². The first kappa shape index (κ1) is 13.4. The van der Waals surface area contributed by atoms with Crippen molar-refractivity contribution in [1.82, 2.24) is 5.32 Å². The first-order valence-electron chi connectivity index (χ1n) is 5.44. The van der Waals surface area contributed by atoms with Crippen LogP contribution in [0.25, 0.3) is 0 Å². The van der Waals surface area contributed by atoms with Crippen molar-refractivity contribution in [2.75, 3.05) is 13.2 Å². The third kappa shape index (κ3) is 4.82. The standard InChI is InChI=1S/C12H16FNO3/c1-2-10(7-15)14-12(16)8-17-11-5-3-4-9(13)6-11/h3-6,10,15H,2,7-8H2,1H3,(H,14,16). The summed E-state index contributed by atoms with van der Waals surface area (Å²) in [4.78, 5) is 11.4. The lowest BCUT2D eigenvalue weighted by Crippen LogP contribution is -2.39. The second-order valence-electron chi connectivity index (χ2n) is 3.60. The fourth-order valence-electron chi connectivity index (χ4n) is 1.25. The maximum absolute atomic E-state index is 12.8. The molecule has 0 aliphatic rings. The van der Waals surface area contributed by atoms with Crippen molar-refractivity contribution in [3.05, 3.63) is 30.1 Å². The Morgan fingerprint density at radius 1 is 1.59 bits per heavy atom. The van der Waals surface area contributed by atoms with Gasteiger partial charge < -0.3 is 15.2 Å². The highest BCUT2D eigenvalue weighted by Gasteiger charge is 2.09. The van der Waals surface area contributed by atoms with Crippen LogP contribution in [0.4, 0.5) is 4.39 Å². The van der Waals surface area contributed by atoms with E-state index in [1.54, 1.807) is 6.07 Å². The number of ether oxygens (including phenoxy) is 1. The van der Waals surface area contributed by atoms with Crippen LogP contribution in [0.15, 0.2) is 24.3 Å². The fourth-order valence-corrected chi connectivity index (χ4v) is 1.25. The zero-order valence-electron chi connectivity index (χ0n) is 9.65. The smallest absolute Gasteiger partial charge is 0.258 e. The Bertz CT molecular complexity index is 367. The molecule has 5 heteroatoms. The number of carbonyl (C=O) groups is 1. The molecule has 0 radical (unpaired) electrons. The number of hydrogen-bond donors (Lipinski definition) is 2. The van der Waals surface area contributed by atoms with Crippen molar-refractivity contribution < 1.29 is 19.0 Å². The van der Waals surface area contributed by atoms with E-state index in [1.165, 1.54) is 18.2 Å². The molecule has 0 aliphatic heterocycles. The summed E-state index contributed by atoms with van der Waals surface area (Å²) >= 11 is 0. The molecule has 17 heavy (non-hydrogen) atoms. The van der Waals surface area contributed by atoms with E-state index in [1.807, 2.05) is 6.92 Å². The lowest BCUT2D eigenvalue weighted by atomic mass is 10.2. The molecular weight excluding hydrogens is 225 g/mol. The van der Waals surface area contributed by atoms with Crippen molar-refractivity contribution in [2.45, 2.75) is 19.4 Å². The van der Waals surface area contributed by atoms with Gasteiger partial charge in [0.2, 0.25) is 0 Å². The van der Waals surface area contributed by atoms with Crippen LogP contribution < -0.4 is 10.1 Å². The predicted octanol–water partition coefficient (Wildman–Crippen LogP) is 1.09. The Labute approximate surface area is 99.4 Å². The van der Waals surface area contributed by atoms with Crippen molar-refractivity contribution in [3.63, 3.8) is 0 Å². The van der Waals surface area contributed by atoms with Crippen molar-refractivity contribution in [1.29, 1.82) is 0 Å². The summed E-state index contributed by atoms with van der Waals surface area (Å²) in [6.45, 7) is 1.55. The summed E-state index contributed by atoms with van der Waals surface area (Å²) in [6, 6.07) is 5.31. The molecule has 94 valence electrons. The number of nitrogens with one attached hydrogen (secondary N) is 1. The van der Waals surface area contributed by atoms with Crippen LogP contribution in [0.2, 0.25) is 0 Å². The maximum atomic E-state index is 12.8. The summed E-state index contributed by atoms with van der Waals surface area (Å²) < 4.78 is 17.9. The molecule has 1 amide bonds. The first-order chi connectivity index (χ1) is 8.15. The largest absolute Gasteiger partial charge is 0.484 e. The summed E-state index contributed by atoms with van der Waals surface area (Å²) in [5, 5.41) is 11.5. The van der Waals surface area contributed by atoms with Crippen LogP contribution in [-0.4, -0.2) is 30.3 Å². The number of benzene rings is 1. The van der Waals surface area contributed by atoms with Crippen LogP contribution in [-0.2, 0) is 4.79 Å². The van der Waals surface area contributed by atoms with E-state index in [4.69, 9.17) is 9.84 Å². The Morgan fingerprint density at radius 2 is 2.35 bits per heavy atom. The van der Waals surface area contributed by atoms with Crippen molar-refractivity contribution in [3.8, 4) is 5.75 Å². The number of hydrogen-bond acceptors (Lipinski definition) is 3. The SMILES string of the molecule is CCC(CO)NC(=O)COc1cccc(F)c1. The molecule has 1 aromatic rings. The van der Waals surface area contributed by atoms with Gasteiger partial charge in [-0.2, -0.15) is 0 Å². The normalized spacial score (nSPS) is 11.9. The van der Waals surface area contributed by atoms with Gasteiger partial charge in [0.1, 0.15) is 11.6 Å². The number of carbonyl (C=O) groups excluding carboxylic acids is 1. The second-order valence-corrected chi connectivity index (χ2v) is 3.60. The quantitative estimate of drug-likeness (QED) is 0.784. The van der Waals surface area contributed by atoms with Gasteiger partial charge in [0.25, 0.3) is 5.91 Å². The average Bonchev–Trinajstić information content (AvgIpc) is 2.33. The highest BCUT2D eigenvalue weighted by Crippen LogP contribution is 2.11. The number of halogens is 1. The zero-order valence-corrected chi connectivity index (χ0v) is 9.65. The fraction of sp³-hybridized carbons (Fsp3) is 0.417. The topological polar surface area (TPSA) is 58.6 Å². The van der Waals surface area contributed by atoms with Crippen LogP contribution in [0.1, 0.15) is 13.3 Å². The van der Waals surface area contributed by atoms with Gasteiger partial charge in [0, 0.05) is 6.07 Å². The molecule has 0 spiro atoms. The summed E-state index contributed by atoms with van der Waals surface area (Å²) in [5.41, 5.74) is 0. The molecule has 0 heterocycles. The van der Waals surface area contributed by atoms with E-state index in [9.17, 15) is 9.18 Å². The highest BCUT2D eigenvalue weighted by molar-refractivity contribution is 5.77. The van der Waals surface area contributed by atoms with Gasteiger partial charge in [-0.3, -0.25) is 4.79 Å². The van der Waals surface area contributed by atoms with Crippen LogP contribution in [0, 0.1) is 5.82 Å². The van der Waals surface area contributed by atoms with Gasteiger partial charge in [0.05, 0.1) is 12.6 Å². The van der Waals surface area contributed by atoms with Gasteiger partial charge in [-0.05, 0) is 18.6 Å². The second kappa shape index (κ2) is 6.85. The van der Waals surface area contributed by atoms with Crippen LogP contribution in [0.3, 0.4) is 0 Å². The minimum atomic E-state index is -0.412. The number of aliphatic hydroxyl groups is 1. The van der Waals surface area contributed by atoms with Gasteiger partial charge in [-0.1, -0.05) is 13.0 Å². The Kier molecular flexibility index (Phi) is 5.42. The number of rotatable bonds is 6. The molecule has 1 rings (SSSR count). The number of aliphatic hydroxyl groups excluding tert-OH is 1. The van der Waals surface area contributed by atoms with E-state index in [-0.39, 0.29) is 25.2 Å². The summed E-state index contributed by atoms with van der Waals surface area (Å²) in [7, 11) is 0. The van der Waals surface area contributed by atoms with Crippen molar-refractivity contribution >= 4 is 5.91 Å². The maximum Gasteiger partial charge on any atom is 0.258 e. The van der Waals surface area contributed by atoms with E-state index < -0.39 is 5.82 Å². The molecule has 1 unspecified atom stereocenters. The molecule has 0 saturated carbocycles. The molecule has 4 nitrogen and oxygen atoms in total. The highest BCUT2D eigenvalue weighted by atomic mass is 19.1. The summed E-state index contributed by atoms with van der Waals surface area (Å²) in [6.07, 6.45) is 0.641. The van der Waals surface area contributed by atoms with Gasteiger partial charge in [-0.15, -0.1) is 0 Å². The molecule has 1 aromatic carbocycles. The third-order valence-electron chi connectivity index (χ3n) is 2.24. The molecule has 0 bridgehead atoms.